The fraction of sp³-hybridized carbons (Fsp3) is 0.727. The van der Waals surface area contributed by atoms with E-state index in [1.807, 2.05) is 10.9 Å². The van der Waals surface area contributed by atoms with Crippen molar-refractivity contribution in [3.63, 3.8) is 0 Å². The van der Waals surface area contributed by atoms with E-state index >= 15 is 0 Å². The van der Waals surface area contributed by atoms with Crippen LogP contribution in [0.15, 0.2) is 12.4 Å². The molecule has 0 saturated carbocycles. The van der Waals surface area contributed by atoms with E-state index in [1.165, 1.54) is 12.0 Å². The largest absolute Gasteiger partial charge is 0.310 e. The van der Waals surface area contributed by atoms with Gasteiger partial charge in [0.2, 0.25) is 0 Å². The molecule has 3 heteroatoms. The maximum Gasteiger partial charge on any atom is 0.0537 e. The lowest BCUT2D eigenvalue weighted by Crippen LogP contribution is -2.12. The van der Waals surface area contributed by atoms with Gasteiger partial charge in [0.25, 0.3) is 0 Å². The first kappa shape index (κ1) is 9.71. The van der Waals surface area contributed by atoms with Crippen molar-refractivity contribution >= 4 is 0 Å². The Balaban J connectivity index is 2.09. The fourth-order valence-electron chi connectivity index (χ4n) is 1.98. The maximum absolute atomic E-state index is 4.36. The van der Waals surface area contributed by atoms with E-state index in [0.717, 1.165) is 12.5 Å². The predicted octanol–water partition coefficient (Wildman–Crippen LogP) is 2.13. The van der Waals surface area contributed by atoms with Gasteiger partial charge in [-0.05, 0) is 32.7 Å². The lowest BCUT2D eigenvalue weighted by atomic mass is 10.0. The number of hydrogen-bond acceptors (Lipinski definition) is 2. The van der Waals surface area contributed by atoms with Crippen LogP contribution in [0.1, 0.15) is 44.8 Å². The van der Waals surface area contributed by atoms with Crippen LogP contribution < -0.4 is 5.32 Å². The molecule has 2 heterocycles. The van der Waals surface area contributed by atoms with E-state index in [2.05, 4.69) is 37.4 Å². The van der Waals surface area contributed by atoms with Crippen molar-refractivity contribution in [1.29, 1.82) is 0 Å². The molecule has 2 atom stereocenters. The normalized spacial score (nSPS) is 27.4. The van der Waals surface area contributed by atoms with Gasteiger partial charge in [-0.2, -0.15) is 5.10 Å². The van der Waals surface area contributed by atoms with Gasteiger partial charge in [-0.25, -0.2) is 0 Å². The zero-order valence-corrected chi connectivity index (χ0v) is 9.20. The van der Waals surface area contributed by atoms with Gasteiger partial charge in [0, 0.05) is 23.8 Å². The highest BCUT2D eigenvalue weighted by Gasteiger charge is 2.23. The summed E-state index contributed by atoms with van der Waals surface area (Å²) >= 11 is 0. The Morgan fingerprint density at radius 1 is 1.57 bits per heavy atom. The van der Waals surface area contributed by atoms with Crippen molar-refractivity contribution in [2.24, 2.45) is 5.92 Å². The topological polar surface area (TPSA) is 29.9 Å². The van der Waals surface area contributed by atoms with Gasteiger partial charge in [-0.3, -0.25) is 4.68 Å². The van der Waals surface area contributed by atoms with E-state index < -0.39 is 0 Å². The molecule has 1 fully saturated rings. The van der Waals surface area contributed by atoms with Crippen molar-refractivity contribution in [2.75, 3.05) is 6.54 Å². The number of nitrogens with zero attached hydrogens (tertiary/aromatic N) is 2. The Morgan fingerprint density at radius 2 is 2.36 bits per heavy atom. The molecule has 1 saturated heterocycles. The van der Waals surface area contributed by atoms with Crippen LogP contribution in [0.4, 0.5) is 0 Å². The number of rotatable bonds is 2. The van der Waals surface area contributed by atoms with Crippen LogP contribution in [-0.4, -0.2) is 16.3 Å². The fourth-order valence-corrected chi connectivity index (χ4v) is 1.98. The molecular weight excluding hydrogens is 174 g/mol. The molecule has 0 radical (unpaired) electrons. The second kappa shape index (κ2) is 3.73. The summed E-state index contributed by atoms with van der Waals surface area (Å²) in [6, 6.07) is 0.986. The molecule has 1 aliphatic heterocycles. The van der Waals surface area contributed by atoms with Crippen molar-refractivity contribution in [1.82, 2.24) is 15.1 Å². The first-order valence-electron chi connectivity index (χ1n) is 5.44. The van der Waals surface area contributed by atoms with Crippen molar-refractivity contribution in [3.05, 3.63) is 18.0 Å². The molecule has 1 aromatic rings. The Hall–Kier alpha value is -0.830. The molecule has 3 nitrogen and oxygen atoms in total. The summed E-state index contributed by atoms with van der Waals surface area (Å²) in [5.74, 6) is 0.794. The third-order valence-corrected chi connectivity index (χ3v) is 2.90. The van der Waals surface area contributed by atoms with Crippen LogP contribution in [0.5, 0.6) is 0 Å². The van der Waals surface area contributed by atoms with Gasteiger partial charge in [-0.15, -0.1) is 0 Å². The van der Waals surface area contributed by atoms with Crippen LogP contribution in [-0.2, 0) is 0 Å². The number of hydrogen-bond donors (Lipinski definition) is 1. The quantitative estimate of drug-likeness (QED) is 0.779. The first-order valence-corrected chi connectivity index (χ1v) is 5.44. The minimum Gasteiger partial charge on any atom is -0.310 e. The number of aromatic nitrogens is 2. The van der Waals surface area contributed by atoms with Crippen LogP contribution in [0, 0.1) is 5.92 Å². The maximum atomic E-state index is 4.36. The zero-order chi connectivity index (χ0) is 10.1. The molecule has 2 unspecified atom stereocenters. The molecule has 2 rings (SSSR count). The summed E-state index contributed by atoms with van der Waals surface area (Å²) in [4.78, 5) is 0. The molecule has 1 aliphatic rings. The van der Waals surface area contributed by atoms with Crippen LogP contribution in [0.25, 0.3) is 0 Å². The van der Waals surface area contributed by atoms with E-state index in [1.54, 1.807) is 0 Å². The summed E-state index contributed by atoms with van der Waals surface area (Å²) in [5, 5.41) is 7.88. The Kier molecular flexibility index (Phi) is 2.59. The molecule has 1 N–H and O–H groups in total. The molecular formula is C11H19N3. The summed E-state index contributed by atoms with van der Waals surface area (Å²) in [5.41, 5.74) is 1.34. The molecule has 0 spiro atoms. The lowest BCUT2D eigenvalue weighted by molar-refractivity contribution is 0.530. The summed E-state index contributed by atoms with van der Waals surface area (Å²) in [6.45, 7) is 7.74. The summed E-state index contributed by atoms with van der Waals surface area (Å²) < 4.78 is 2.03. The van der Waals surface area contributed by atoms with E-state index in [0.29, 0.717) is 12.1 Å². The molecule has 78 valence electrons. The monoisotopic (exact) mass is 193 g/mol. The highest BCUT2D eigenvalue weighted by molar-refractivity contribution is 5.12. The molecule has 0 aliphatic carbocycles. The molecule has 0 amide bonds. The smallest absolute Gasteiger partial charge is 0.0537 e. The first-order chi connectivity index (χ1) is 6.66. The van der Waals surface area contributed by atoms with Crippen LogP contribution in [0.3, 0.4) is 0 Å². The van der Waals surface area contributed by atoms with Gasteiger partial charge in [0.1, 0.15) is 0 Å². The van der Waals surface area contributed by atoms with Gasteiger partial charge < -0.3 is 5.32 Å². The van der Waals surface area contributed by atoms with Gasteiger partial charge in [0.15, 0.2) is 0 Å². The van der Waals surface area contributed by atoms with E-state index in [4.69, 9.17) is 0 Å². The average Bonchev–Trinajstić information content (AvgIpc) is 2.70. The van der Waals surface area contributed by atoms with Gasteiger partial charge >= 0.3 is 0 Å². The Labute approximate surface area is 85.5 Å². The van der Waals surface area contributed by atoms with Crippen molar-refractivity contribution in [3.8, 4) is 0 Å². The minimum atomic E-state index is 0.461. The van der Waals surface area contributed by atoms with E-state index in [9.17, 15) is 0 Å². The second-order valence-electron chi connectivity index (χ2n) is 4.65. The lowest BCUT2D eigenvalue weighted by Gasteiger charge is -2.07. The Bertz CT molecular complexity index is 303. The van der Waals surface area contributed by atoms with Crippen LogP contribution in [0.2, 0.25) is 0 Å². The molecule has 1 aromatic heterocycles. The molecule has 0 aromatic carbocycles. The highest BCUT2D eigenvalue weighted by atomic mass is 15.3. The SMILES string of the molecule is CC1CNC(c2cnn(C(C)C)c2)C1. The average molecular weight is 193 g/mol. The Morgan fingerprint density at radius 3 is 2.86 bits per heavy atom. The summed E-state index contributed by atoms with van der Waals surface area (Å²) in [6.07, 6.45) is 5.40. The minimum absolute atomic E-state index is 0.461. The van der Waals surface area contributed by atoms with Gasteiger partial charge in [0.05, 0.1) is 6.20 Å². The standard InChI is InChI=1S/C11H19N3/c1-8(2)14-7-10(6-13-14)11-4-9(3)5-12-11/h6-9,11-12H,4-5H2,1-3H3. The number of nitrogens with one attached hydrogen (secondary N) is 1. The molecule has 0 bridgehead atoms. The zero-order valence-electron chi connectivity index (χ0n) is 9.20. The van der Waals surface area contributed by atoms with Gasteiger partial charge in [-0.1, -0.05) is 6.92 Å². The third kappa shape index (κ3) is 1.82. The van der Waals surface area contributed by atoms with Crippen LogP contribution >= 0.6 is 0 Å². The van der Waals surface area contributed by atoms with E-state index in [-0.39, 0.29) is 0 Å². The molecule has 14 heavy (non-hydrogen) atoms. The third-order valence-electron chi connectivity index (χ3n) is 2.90. The summed E-state index contributed by atoms with van der Waals surface area (Å²) in [7, 11) is 0. The van der Waals surface area contributed by atoms with Crippen molar-refractivity contribution < 1.29 is 0 Å². The van der Waals surface area contributed by atoms with Crippen molar-refractivity contribution in [2.45, 2.75) is 39.3 Å². The second-order valence-corrected chi connectivity index (χ2v) is 4.65. The highest BCUT2D eigenvalue weighted by Crippen LogP contribution is 2.26. The predicted molar refractivity (Wildman–Crippen MR) is 57.1 cm³/mol.